The van der Waals surface area contributed by atoms with E-state index >= 15 is 0 Å². The van der Waals surface area contributed by atoms with Crippen LogP contribution in [0.5, 0.6) is 0 Å². The molecule has 0 aromatic heterocycles. The summed E-state index contributed by atoms with van der Waals surface area (Å²) in [5.41, 5.74) is 3.53. The Balaban J connectivity index is 1.49. The van der Waals surface area contributed by atoms with Crippen LogP contribution in [-0.2, 0) is 20.9 Å². The summed E-state index contributed by atoms with van der Waals surface area (Å²) in [4.78, 5) is 4.78. The fraction of sp³-hybridized carbons (Fsp3) is 0.333. The van der Waals surface area contributed by atoms with Crippen LogP contribution in [-0.4, -0.2) is 19.0 Å². The van der Waals surface area contributed by atoms with Crippen molar-refractivity contribution in [1.29, 1.82) is 0 Å². The third-order valence-corrected chi connectivity index (χ3v) is 4.32. The van der Waals surface area contributed by atoms with Crippen LogP contribution in [0.3, 0.4) is 0 Å². The Bertz CT molecular complexity index is 658. The summed E-state index contributed by atoms with van der Waals surface area (Å²) < 4.78 is 11.5. The first kappa shape index (κ1) is 17.8. The highest BCUT2D eigenvalue weighted by Crippen LogP contribution is 2.20. The van der Waals surface area contributed by atoms with E-state index in [0.717, 1.165) is 24.8 Å². The van der Waals surface area contributed by atoms with Crippen LogP contribution in [0.1, 0.15) is 30.4 Å². The smallest absolute Gasteiger partial charge is 0.177 e. The molecule has 1 fully saturated rings. The molecule has 2 N–H and O–H groups in total. The molecule has 1 aromatic rings. The maximum Gasteiger partial charge on any atom is 0.177 e. The molecule has 0 saturated carbocycles. The van der Waals surface area contributed by atoms with Gasteiger partial charge in [0.25, 0.3) is 0 Å². The molecule has 3 rings (SSSR count). The summed E-state index contributed by atoms with van der Waals surface area (Å²) in [6, 6.07) is 8.47. The topological polar surface area (TPSA) is 53.7 Å². The van der Waals surface area contributed by atoms with Gasteiger partial charge in [-0.2, -0.15) is 0 Å². The highest BCUT2D eigenvalue weighted by Gasteiger charge is 2.22. The largest absolute Gasteiger partial charge is 0.374 e. The Hall–Kier alpha value is -1.98. The Morgan fingerprint density at radius 2 is 1.80 bits per heavy atom. The fourth-order valence-corrected chi connectivity index (χ4v) is 2.95. The van der Waals surface area contributed by atoms with Crippen LogP contribution < -0.4 is 5.90 Å². The van der Waals surface area contributed by atoms with Crippen LogP contribution in [0.25, 0.3) is 5.57 Å². The van der Waals surface area contributed by atoms with Gasteiger partial charge >= 0.3 is 0 Å². The van der Waals surface area contributed by atoms with Crippen LogP contribution >= 0.6 is 0 Å². The van der Waals surface area contributed by atoms with Gasteiger partial charge in [-0.1, -0.05) is 66.8 Å². The molecule has 4 heteroatoms. The van der Waals surface area contributed by atoms with Crippen molar-refractivity contribution in [3.05, 3.63) is 77.9 Å². The number of allylic oxidation sites excluding steroid dienone is 8. The standard InChI is InChI=1S/C21H25NO3/c22-25-21-10-6-9-20(24-21)16-23-15-17-11-13-19(14-12-17)18-7-4-2-1-3-5-8-18/h1-5,7-8,11-14,20-21H,6,9-10,15-16,22H2/b2-1-,3-1?,4-2?,5-3-,7-4-,8-5?,18-7?,18-8+. The van der Waals surface area contributed by atoms with Crippen molar-refractivity contribution in [2.45, 2.75) is 38.3 Å². The van der Waals surface area contributed by atoms with Gasteiger partial charge in [-0.25, -0.2) is 5.90 Å². The van der Waals surface area contributed by atoms with E-state index in [9.17, 15) is 0 Å². The summed E-state index contributed by atoms with van der Waals surface area (Å²) in [7, 11) is 0. The van der Waals surface area contributed by atoms with E-state index in [1.54, 1.807) is 0 Å². The average molecular weight is 339 g/mol. The van der Waals surface area contributed by atoms with Gasteiger partial charge in [0, 0.05) is 6.42 Å². The number of rotatable bonds is 6. The van der Waals surface area contributed by atoms with E-state index in [4.69, 9.17) is 20.2 Å². The molecule has 2 atom stereocenters. The van der Waals surface area contributed by atoms with Gasteiger partial charge in [0.05, 0.1) is 19.3 Å². The second-order valence-corrected chi connectivity index (χ2v) is 6.22. The van der Waals surface area contributed by atoms with Gasteiger partial charge in [0.1, 0.15) is 0 Å². The highest BCUT2D eigenvalue weighted by molar-refractivity contribution is 5.75. The maximum atomic E-state index is 5.80. The third kappa shape index (κ3) is 5.51. The van der Waals surface area contributed by atoms with Crippen LogP contribution in [0.2, 0.25) is 0 Å². The Kier molecular flexibility index (Phi) is 6.77. The monoisotopic (exact) mass is 339 g/mol. The number of ether oxygens (including phenoxy) is 2. The van der Waals surface area contributed by atoms with Crippen molar-refractivity contribution in [1.82, 2.24) is 0 Å². The first-order valence-electron chi connectivity index (χ1n) is 8.75. The molecule has 0 amide bonds. The van der Waals surface area contributed by atoms with Gasteiger partial charge in [0.15, 0.2) is 6.29 Å². The lowest BCUT2D eigenvalue weighted by Gasteiger charge is -2.28. The molecule has 4 nitrogen and oxygen atoms in total. The summed E-state index contributed by atoms with van der Waals surface area (Å²) in [5, 5.41) is 0. The quantitative estimate of drug-likeness (QED) is 0.794. The molecule has 2 unspecified atom stereocenters. The number of benzene rings is 1. The minimum Gasteiger partial charge on any atom is -0.374 e. The molecular formula is C21H25NO3. The Morgan fingerprint density at radius 3 is 2.64 bits per heavy atom. The van der Waals surface area contributed by atoms with Gasteiger partial charge < -0.3 is 9.47 Å². The van der Waals surface area contributed by atoms with Crippen molar-refractivity contribution >= 4 is 5.57 Å². The third-order valence-electron chi connectivity index (χ3n) is 4.32. The second kappa shape index (κ2) is 9.49. The van der Waals surface area contributed by atoms with Crippen molar-refractivity contribution < 1.29 is 14.3 Å². The zero-order chi connectivity index (χ0) is 17.3. The SMILES string of the molecule is NOC1CCCC(COCc2ccc(C3=C/C=C\C=C/C=C\3)cc2)O1. The lowest BCUT2D eigenvalue weighted by molar-refractivity contribution is -0.207. The van der Waals surface area contributed by atoms with E-state index in [1.807, 2.05) is 18.2 Å². The van der Waals surface area contributed by atoms with Crippen molar-refractivity contribution in [2.24, 2.45) is 5.90 Å². The second-order valence-electron chi connectivity index (χ2n) is 6.22. The summed E-state index contributed by atoms with van der Waals surface area (Å²) in [6.07, 6.45) is 17.1. The molecule has 0 bridgehead atoms. The lowest BCUT2D eigenvalue weighted by atomic mass is 10.0. The minimum absolute atomic E-state index is 0.0617. The Morgan fingerprint density at radius 1 is 1.00 bits per heavy atom. The molecule has 1 aliphatic heterocycles. The van der Waals surface area contributed by atoms with Crippen LogP contribution in [0, 0.1) is 0 Å². The van der Waals surface area contributed by atoms with Gasteiger partial charge in [-0.05, 0) is 29.5 Å². The van der Waals surface area contributed by atoms with E-state index in [0.29, 0.717) is 13.2 Å². The van der Waals surface area contributed by atoms with Crippen molar-refractivity contribution in [2.75, 3.05) is 6.61 Å². The molecule has 2 aliphatic rings. The van der Waals surface area contributed by atoms with Crippen LogP contribution in [0.15, 0.2) is 66.8 Å². The zero-order valence-electron chi connectivity index (χ0n) is 14.3. The lowest BCUT2D eigenvalue weighted by Crippen LogP contribution is -2.34. The molecule has 0 radical (unpaired) electrons. The van der Waals surface area contributed by atoms with Crippen molar-refractivity contribution in [3.63, 3.8) is 0 Å². The van der Waals surface area contributed by atoms with Crippen molar-refractivity contribution in [3.8, 4) is 0 Å². The predicted octanol–water partition coefficient (Wildman–Crippen LogP) is 4.05. The molecule has 1 aliphatic carbocycles. The van der Waals surface area contributed by atoms with Gasteiger partial charge in [-0.15, -0.1) is 0 Å². The zero-order valence-corrected chi connectivity index (χ0v) is 14.3. The normalized spacial score (nSPS) is 29.1. The summed E-state index contributed by atoms with van der Waals surface area (Å²) in [5.74, 6) is 5.20. The molecule has 0 spiro atoms. The molecule has 1 heterocycles. The highest BCUT2D eigenvalue weighted by atomic mass is 16.8. The molecule has 25 heavy (non-hydrogen) atoms. The van der Waals surface area contributed by atoms with E-state index in [1.165, 1.54) is 11.1 Å². The van der Waals surface area contributed by atoms with E-state index in [2.05, 4.69) is 48.6 Å². The summed E-state index contributed by atoms with van der Waals surface area (Å²) in [6.45, 7) is 1.14. The first-order chi connectivity index (χ1) is 12.3. The molecule has 132 valence electrons. The maximum absolute atomic E-state index is 5.80. The van der Waals surface area contributed by atoms with Crippen LogP contribution in [0.4, 0.5) is 0 Å². The number of nitrogens with two attached hydrogens (primary N) is 1. The van der Waals surface area contributed by atoms with E-state index < -0.39 is 0 Å². The van der Waals surface area contributed by atoms with Gasteiger partial charge in [-0.3, -0.25) is 4.84 Å². The van der Waals surface area contributed by atoms with E-state index in [-0.39, 0.29) is 12.4 Å². The minimum atomic E-state index is -0.296. The fourth-order valence-electron chi connectivity index (χ4n) is 2.95. The number of hydrogen-bond donors (Lipinski definition) is 1. The number of hydrogen-bond acceptors (Lipinski definition) is 4. The van der Waals surface area contributed by atoms with Gasteiger partial charge in [0.2, 0.25) is 0 Å². The summed E-state index contributed by atoms with van der Waals surface area (Å²) >= 11 is 0. The molecular weight excluding hydrogens is 314 g/mol. The first-order valence-corrected chi connectivity index (χ1v) is 8.75. The molecule has 1 aromatic carbocycles. The Labute approximate surface area is 149 Å². The average Bonchev–Trinajstić information content (AvgIpc) is 2.63. The predicted molar refractivity (Wildman–Crippen MR) is 99.3 cm³/mol. The molecule has 1 saturated heterocycles.